The van der Waals surface area contributed by atoms with Crippen molar-refractivity contribution in [2.75, 3.05) is 11.9 Å². The minimum absolute atomic E-state index is 0.117. The molecule has 2 aromatic heterocycles. The highest BCUT2D eigenvalue weighted by atomic mass is 16.5. The van der Waals surface area contributed by atoms with Crippen molar-refractivity contribution in [3.8, 4) is 28.4 Å². The number of rotatable bonds is 7. The topological polar surface area (TPSA) is 105 Å². The van der Waals surface area contributed by atoms with Crippen molar-refractivity contribution in [1.29, 1.82) is 0 Å². The summed E-state index contributed by atoms with van der Waals surface area (Å²) in [6.45, 7) is 4.83. The fourth-order valence-electron chi connectivity index (χ4n) is 3.72. The Labute approximate surface area is 202 Å². The van der Waals surface area contributed by atoms with Gasteiger partial charge in [0.25, 0.3) is 5.91 Å². The summed E-state index contributed by atoms with van der Waals surface area (Å²) in [6.07, 6.45) is 1.71. The molecule has 2 heterocycles. The van der Waals surface area contributed by atoms with Gasteiger partial charge in [-0.25, -0.2) is 4.68 Å². The van der Waals surface area contributed by atoms with Gasteiger partial charge in [0.1, 0.15) is 17.2 Å². The van der Waals surface area contributed by atoms with Crippen molar-refractivity contribution in [2.24, 2.45) is 5.92 Å². The molecule has 3 N–H and O–H groups in total. The van der Waals surface area contributed by atoms with Crippen LogP contribution in [0.3, 0.4) is 0 Å². The molecule has 0 unspecified atom stereocenters. The lowest BCUT2D eigenvalue weighted by molar-refractivity contribution is 0.102. The Morgan fingerprint density at radius 3 is 2.60 bits per heavy atom. The Morgan fingerprint density at radius 1 is 1.09 bits per heavy atom. The Kier molecular flexibility index (Phi) is 5.93. The van der Waals surface area contributed by atoms with E-state index < -0.39 is 0 Å². The molecule has 0 saturated heterocycles. The summed E-state index contributed by atoms with van der Waals surface area (Å²) in [5, 5.41) is 25.0. The first-order valence-corrected chi connectivity index (χ1v) is 11.3. The molecular weight excluding hydrogens is 442 g/mol. The fraction of sp³-hybridized carbons (Fsp3) is 0.148. The first-order chi connectivity index (χ1) is 17.0. The van der Waals surface area contributed by atoms with Crippen LogP contribution in [0.25, 0.3) is 27.8 Å². The second-order valence-electron chi connectivity index (χ2n) is 8.66. The lowest BCUT2D eigenvalue weighted by Crippen LogP contribution is -2.13. The average molecular weight is 468 g/mol. The van der Waals surface area contributed by atoms with Crippen LogP contribution >= 0.6 is 0 Å². The third-order valence-electron chi connectivity index (χ3n) is 5.47. The van der Waals surface area contributed by atoms with E-state index in [0.717, 1.165) is 17.0 Å². The van der Waals surface area contributed by atoms with Gasteiger partial charge >= 0.3 is 0 Å². The molecule has 3 aromatic carbocycles. The maximum Gasteiger partial charge on any atom is 0.260 e. The van der Waals surface area contributed by atoms with Crippen LogP contribution in [0.4, 0.5) is 5.82 Å². The number of amides is 1. The zero-order valence-electron chi connectivity index (χ0n) is 19.4. The number of carbonyl (C=O) groups is 1. The predicted octanol–water partition coefficient (Wildman–Crippen LogP) is 5.41. The Bertz CT molecular complexity index is 1470. The number of para-hydroxylation sites is 1. The summed E-state index contributed by atoms with van der Waals surface area (Å²) in [7, 11) is 0. The normalized spacial score (nSPS) is 11.2. The zero-order valence-corrected chi connectivity index (χ0v) is 19.4. The Morgan fingerprint density at radius 2 is 1.86 bits per heavy atom. The van der Waals surface area contributed by atoms with Gasteiger partial charge in [-0.05, 0) is 54.4 Å². The van der Waals surface area contributed by atoms with Crippen LogP contribution in [0.1, 0.15) is 24.2 Å². The lowest BCUT2D eigenvalue weighted by atomic mass is 10.1. The van der Waals surface area contributed by atoms with Crippen molar-refractivity contribution < 1.29 is 14.6 Å². The molecule has 176 valence electrons. The van der Waals surface area contributed by atoms with Crippen LogP contribution in [-0.2, 0) is 0 Å². The number of nitrogens with one attached hydrogen (secondary N) is 2. The average Bonchev–Trinajstić information content (AvgIpc) is 3.48. The number of ether oxygens (including phenoxy) is 1. The molecule has 0 atom stereocenters. The van der Waals surface area contributed by atoms with Crippen molar-refractivity contribution in [3.05, 3.63) is 84.6 Å². The van der Waals surface area contributed by atoms with E-state index in [1.165, 1.54) is 0 Å². The minimum Gasteiger partial charge on any atom is -0.508 e. The molecule has 0 aliphatic heterocycles. The first-order valence-electron chi connectivity index (χ1n) is 11.3. The van der Waals surface area contributed by atoms with E-state index in [2.05, 4.69) is 29.4 Å². The van der Waals surface area contributed by atoms with Crippen molar-refractivity contribution >= 4 is 22.6 Å². The summed E-state index contributed by atoms with van der Waals surface area (Å²) in [6, 6.07) is 22.0. The number of aromatic amines is 1. The van der Waals surface area contributed by atoms with E-state index in [0.29, 0.717) is 40.5 Å². The summed E-state index contributed by atoms with van der Waals surface area (Å²) in [5.41, 5.74) is 3.19. The molecule has 0 aliphatic rings. The zero-order chi connectivity index (χ0) is 24.4. The Hall–Kier alpha value is -4.59. The number of hydrogen-bond donors (Lipinski definition) is 3. The Balaban J connectivity index is 1.50. The number of H-pyrrole nitrogens is 1. The number of carbonyl (C=O) groups excluding carboxylic acids is 1. The number of aromatic nitrogens is 4. The van der Waals surface area contributed by atoms with Gasteiger partial charge in [0.2, 0.25) is 0 Å². The number of benzene rings is 3. The number of hydrogen-bond acceptors (Lipinski definition) is 5. The largest absolute Gasteiger partial charge is 0.508 e. The van der Waals surface area contributed by atoms with Gasteiger partial charge in [0.15, 0.2) is 5.82 Å². The second-order valence-corrected chi connectivity index (χ2v) is 8.66. The van der Waals surface area contributed by atoms with Gasteiger partial charge in [-0.1, -0.05) is 32.0 Å². The molecule has 0 aliphatic carbocycles. The number of aromatic hydroxyl groups is 1. The van der Waals surface area contributed by atoms with E-state index in [9.17, 15) is 9.90 Å². The molecule has 0 spiro atoms. The van der Waals surface area contributed by atoms with Crippen molar-refractivity contribution in [2.45, 2.75) is 13.8 Å². The fourth-order valence-corrected chi connectivity index (χ4v) is 3.72. The summed E-state index contributed by atoms with van der Waals surface area (Å²) in [5.74, 6) is 1.34. The molecule has 8 heteroatoms. The molecule has 0 radical (unpaired) electrons. The smallest absolute Gasteiger partial charge is 0.260 e. The quantitative estimate of drug-likeness (QED) is 0.297. The van der Waals surface area contributed by atoms with Gasteiger partial charge < -0.3 is 15.2 Å². The first kappa shape index (κ1) is 22.2. The van der Waals surface area contributed by atoms with Crippen LogP contribution in [0.5, 0.6) is 11.5 Å². The minimum atomic E-state index is -0.344. The molecule has 5 rings (SSSR count). The predicted molar refractivity (Wildman–Crippen MR) is 135 cm³/mol. The number of anilines is 1. The van der Waals surface area contributed by atoms with E-state index >= 15 is 0 Å². The highest BCUT2D eigenvalue weighted by Gasteiger charge is 2.20. The summed E-state index contributed by atoms with van der Waals surface area (Å²) < 4.78 is 7.48. The van der Waals surface area contributed by atoms with Gasteiger partial charge in [0.05, 0.1) is 23.4 Å². The molecule has 0 fully saturated rings. The highest BCUT2D eigenvalue weighted by Crippen LogP contribution is 2.28. The lowest BCUT2D eigenvalue weighted by Gasteiger charge is -2.09. The number of nitrogens with zero attached hydrogens (tertiary/aromatic N) is 3. The number of fused-ring (bicyclic) bond motifs is 1. The maximum atomic E-state index is 13.4. The van der Waals surface area contributed by atoms with Crippen LogP contribution in [-0.4, -0.2) is 37.6 Å². The van der Waals surface area contributed by atoms with Crippen molar-refractivity contribution in [3.63, 3.8) is 0 Å². The van der Waals surface area contributed by atoms with Crippen molar-refractivity contribution in [1.82, 2.24) is 20.0 Å². The number of phenols is 1. The highest BCUT2D eigenvalue weighted by molar-refractivity contribution is 6.10. The number of phenolic OH excluding ortho intramolecular Hbond substituents is 1. The second kappa shape index (κ2) is 9.34. The van der Waals surface area contributed by atoms with Crippen LogP contribution in [0.15, 0.2) is 79.0 Å². The van der Waals surface area contributed by atoms with Crippen LogP contribution < -0.4 is 10.1 Å². The van der Waals surface area contributed by atoms with E-state index in [4.69, 9.17) is 9.84 Å². The van der Waals surface area contributed by atoms with Crippen LogP contribution in [0.2, 0.25) is 0 Å². The van der Waals surface area contributed by atoms with Gasteiger partial charge in [-0.15, -0.1) is 0 Å². The summed E-state index contributed by atoms with van der Waals surface area (Å²) >= 11 is 0. The maximum absolute atomic E-state index is 13.4. The molecule has 1 amide bonds. The molecule has 0 saturated carbocycles. The van der Waals surface area contributed by atoms with Gasteiger partial charge in [0, 0.05) is 23.2 Å². The molecule has 8 nitrogen and oxygen atoms in total. The molecule has 35 heavy (non-hydrogen) atoms. The monoisotopic (exact) mass is 467 g/mol. The van der Waals surface area contributed by atoms with Gasteiger partial charge in [-0.3, -0.25) is 9.89 Å². The van der Waals surface area contributed by atoms with Crippen LogP contribution in [0, 0.1) is 5.92 Å². The molecule has 5 aromatic rings. The molecule has 0 bridgehead atoms. The van der Waals surface area contributed by atoms with E-state index in [-0.39, 0.29) is 11.7 Å². The standard InChI is InChI=1S/C27H25N5O3/c1-17(2)16-35-21-11-8-18(9-12-21)25-23(15-32(31-25)19-6-4-3-5-7-19)27(34)28-26-22-13-10-20(33)14-24(22)29-30-26/h3-15,17,33H,16H2,1-2H3,(H2,28,29,30,34). The third kappa shape index (κ3) is 4.72. The molecular formula is C27H25N5O3. The van der Waals surface area contributed by atoms with E-state index in [1.54, 1.807) is 29.1 Å². The third-order valence-corrected chi connectivity index (χ3v) is 5.47. The van der Waals surface area contributed by atoms with E-state index in [1.807, 2.05) is 54.6 Å². The SMILES string of the molecule is CC(C)COc1ccc(-c2nn(-c3ccccc3)cc2C(=O)Nc2n[nH]c3cc(O)ccc23)cc1. The van der Waals surface area contributed by atoms with Gasteiger partial charge in [-0.2, -0.15) is 10.2 Å². The summed E-state index contributed by atoms with van der Waals surface area (Å²) in [4.78, 5) is 13.4.